The van der Waals surface area contributed by atoms with Crippen LogP contribution < -0.4 is 15.4 Å². The van der Waals surface area contributed by atoms with Crippen LogP contribution in [0.1, 0.15) is 5.69 Å². The number of fused-ring (bicyclic) bond motifs is 1. The van der Waals surface area contributed by atoms with Gasteiger partial charge in [0.25, 0.3) is 5.56 Å². The normalized spacial score (nSPS) is 15.0. The number of hydrogen-bond donors (Lipinski definition) is 2. The Bertz CT molecular complexity index is 1210. The van der Waals surface area contributed by atoms with Gasteiger partial charge in [0.2, 0.25) is 0 Å². The van der Waals surface area contributed by atoms with Crippen molar-refractivity contribution in [3.8, 4) is 17.0 Å². The fraction of sp³-hybridized carbons (Fsp3) is 0.217. The van der Waals surface area contributed by atoms with E-state index in [0.717, 1.165) is 60.3 Å². The maximum atomic E-state index is 12.9. The van der Waals surface area contributed by atoms with Crippen LogP contribution in [0.15, 0.2) is 70.8 Å². The van der Waals surface area contributed by atoms with Gasteiger partial charge in [0.15, 0.2) is 4.96 Å². The second-order valence-corrected chi connectivity index (χ2v) is 8.46. The van der Waals surface area contributed by atoms with Crippen LogP contribution in [0.25, 0.3) is 16.2 Å². The summed E-state index contributed by atoms with van der Waals surface area (Å²) in [5, 5.41) is 11.5. The smallest absolute Gasteiger partial charge is 0.259 e. The first kappa shape index (κ1) is 18.8. The Kier molecular flexibility index (Phi) is 4.98. The lowest BCUT2D eigenvalue weighted by Gasteiger charge is -2.33. The molecule has 0 radical (unpaired) electrons. The van der Waals surface area contributed by atoms with Gasteiger partial charge in [-0.1, -0.05) is 30.3 Å². The highest BCUT2D eigenvalue weighted by Crippen LogP contribution is 2.23. The van der Waals surface area contributed by atoms with Crippen molar-refractivity contribution in [1.29, 1.82) is 0 Å². The lowest BCUT2D eigenvalue weighted by Crippen LogP contribution is -3.13. The van der Waals surface area contributed by atoms with E-state index >= 15 is 0 Å². The number of nitrogens with one attached hydrogen (secondary N) is 1. The van der Waals surface area contributed by atoms with Gasteiger partial charge in [0, 0.05) is 17.1 Å². The Balaban J connectivity index is 1.31. The third-order valence-corrected chi connectivity index (χ3v) is 6.47. The molecular weight excluding hydrogens is 396 g/mol. The highest BCUT2D eigenvalue weighted by Gasteiger charge is 2.21. The van der Waals surface area contributed by atoms with E-state index in [9.17, 15) is 9.90 Å². The summed E-state index contributed by atoms with van der Waals surface area (Å²) < 4.78 is 1.71. The number of rotatable bonds is 4. The SMILES string of the molecule is O=c1cc(C[NH+]2CCN(c3ccc(O)cc3)CC2)nc2scc(-c3ccccc3)n12. The van der Waals surface area contributed by atoms with Crippen molar-refractivity contribution in [3.63, 3.8) is 0 Å². The molecule has 0 unspecified atom stereocenters. The Morgan fingerprint density at radius 1 is 1.03 bits per heavy atom. The molecule has 3 heterocycles. The van der Waals surface area contributed by atoms with Gasteiger partial charge in [-0.25, -0.2) is 4.98 Å². The van der Waals surface area contributed by atoms with Crippen LogP contribution in [0.5, 0.6) is 5.75 Å². The van der Waals surface area contributed by atoms with E-state index in [1.54, 1.807) is 22.6 Å². The molecule has 0 spiro atoms. The molecule has 0 saturated carbocycles. The van der Waals surface area contributed by atoms with Crippen LogP contribution in [-0.2, 0) is 6.54 Å². The molecule has 0 amide bonds. The number of phenolic OH excluding ortho intramolecular Hbond substituents is 1. The monoisotopic (exact) mass is 419 g/mol. The van der Waals surface area contributed by atoms with E-state index in [4.69, 9.17) is 4.98 Å². The molecule has 0 atom stereocenters. The number of hydrogen-bond acceptors (Lipinski definition) is 5. The molecule has 2 N–H and O–H groups in total. The predicted octanol–water partition coefficient (Wildman–Crippen LogP) is 2.03. The Hall–Kier alpha value is -3.16. The van der Waals surface area contributed by atoms with Crippen molar-refractivity contribution >= 4 is 22.0 Å². The Morgan fingerprint density at radius 3 is 2.50 bits per heavy atom. The molecule has 1 aliphatic rings. The van der Waals surface area contributed by atoms with Gasteiger partial charge in [-0.15, -0.1) is 11.3 Å². The standard InChI is InChI=1S/C23H22N4O2S/c28-20-8-6-19(7-9-20)26-12-10-25(11-13-26)15-18-14-22(29)27-21(16-30-23(27)24-18)17-4-2-1-3-5-17/h1-9,14,16,28H,10-13,15H2/p+1. The fourth-order valence-corrected chi connectivity index (χ4v) is 4.96. The summed E-state index contributed by atoms with van der Waals surface area (Å²) in [4.78, 5) is 22.1. The highest BCUT2D eigenvalue weighted by atomic mass is 32.1. The third kappa shape index (κ3) is 3.69. The number of piperazine rings is 1. The lowest BCUT2D eigenvalue weighted by atomic mass is 10.2. The van der Waals surface area contributed by atoms with Gasteiger partial charge in [0.1, 0.15) is 18.0 Å². The zero-order valence-corrected chi connectivity index (χ0v) is 17.3. The molecule has 1 saturated heterocycles. The maximum Gasteiger partial charge on any atom is 0.259 e. The number of quaternary nitrogens is 1. The van der Waals surface area contributed by atoms with Gasteiger partial charge in [-0.2, -0.15) is 0 Å². The molecule has 2 aromatic carbocycles. The number of anilines is 1. The molecule has 30 heavy (non-hydrogen) atoms. The number of benzene rings is 2. The predicted molar refractivity (Wildman–Crippen MR) is 119 cm³/mol. The highest BCUT2D eigenvalue weighted by molar-refractivity contribution is 7.15. The summed E-state index contributed by atoms with van der Waals surface area (Å²) in [6.07, 6.45) is 0. The molecule has 7 heteroatoms. The maximum absolute atomic E-state index is 12.9. The van der Waals surface area contributed by atoms with Crippen LogP contribution in [-0.4, -0.2) is 40.7 Å². The molecule has 1 fully saturated rings. The molecular formula is C23H23N4O2S+. The summed E-state index contributed by atoms with van der Waals surface area (Å²) in [5.41, 5.74) is 3.90. The van der Waals surface area contributed by atoms with Crippen molar-refractivity contribution in [2.24, 2.45) is 0 Å². The van der Waals surface area contributed by atoms with E-state index in [0.29, 0.717) is 5.75 Å². The molecule has 6 nitrogen and oxygen atoms in total. The molecule has 4 aromatic rings. The zero-order chi connectivity index (χ0) is 20.5. The van der Waals surface area contributed by atoms with Gasteiger partial charge >= 0.3 is 0 Å². The van der Waals surface area contributed by atoms with Crippen molar-refractivity contribution < 1.29 is 10.0 Å². The molecule has 0 aliphatic carbocycles. The molecule has 5 rings (SSSR count). The van der Waals surface area contributed by atoms with Crippen LogP contribution in [0.4, 0.5) is 5.69 Å². The number of thiazole rings is 1. The summed E-state index contributed by atoms with van der Waals surface area (Å²) in [7, 11) is 0. The van der Waals surface area contributed by atoms with E-state index in [1.807, 2.05) is 47.8 Å². The quantitative estimate of drug-likeness (QED) is 0.531. The summed E-state index contributed by atoms with van der Waals surface area (Å²) in [6, 6.07) is 19.0. The topological polar surface area (TPSA) is 62.3 Å². The lowest BCUT2D eigenvalue weighted by molar-refractivity contribution is -0.914. The van der Waals surface area contributed by atoms with Crippen LogP contribution >= 0.6 is 11.3 Å². The Labute approximate surface area is 178 Å². The third-order valence-electron chi connectivity index (χ3n) is 5.64. The summed E-state index contributed by atoms with van der Waals surface area (Å²) in [6.45, 7) is 4.62. The molecule has 2 aromatic heterocycles. The van der Waals surface area contributed by atoms with Crippen LogP contribution in [0.3, 0.4) is 0 Å². The van der Waals surface area contributed by atoms with E-state index in [-0.39, 0.29) is 5.56 Å². The van der Waals surface area contributed by atoms with E-state index in [1.165, 1.54) is 16.2 Å². The van der Waals surface area contributed by atoms with Gasteiger partial charge in [-0.05, 0) is 29.8 Å². The van der Waals surface area contributed by atoms with Gasteiger partial charge < -0.3 is 14.9 Å². The summed E-state index contributed by atoms with van der Waals surface area (Å²) in [5.74, 6) is 0.291. The van der Waals surface area contributed by atoms with Gasteiger partial charge in [0.05, 0.1) is 31.9 Å². The fourth-order valence-electron chi connectivity index (χ4n) is 4.04. The number of aromatic hydroxyl groups is 1. The number of nitrogens with zero attached hydrogens (tertiary/aromatic N) is 3. The van der Waals surface area contributed by atoms with Crippen LogP contribution in [0.2, 0.25) is 0 Å². The minimum absolute atomic E-state index is 0.0165. The average Bonchev–Trinajstić information content (AvgIpc) is 3.20. The minimum atomic E-state index is -0.0165. The van der Waals surface area contributed by atoms with E-state index < -0.39 is 0 Å². The van der Waals surface area contributed by atoms with Crippen molar-refractivity contribution in [2.45, 2.75) is 6.54 Å². The molecule has 152 valence electrons. The number of aromatic nitrogens is 2. The first-order chi connectivity index (χ1) is 14.7. The van der Waals surface area contributed by atoms with Gasteiger partial charge in [-0.3, -0.25) is 9.20 Å². The van der Waals surface area contributed by atoms with Crippen molar-refractivity contribution in [2.75, 3.05) is 31.1 Å². The van der Waals surface area contributed by atoms with Crippen LogP contribution in [0, 0.1) is 0 Å². The largest absolute Gasteiger partial charge is 0.508 e. The second kappa shape index (κ2) is 7.93. The van der Waals surface area contributed by atoms with E-state index in [2.05, 4.69) is 4.90 Å². The summed E-state index contributed by atoms with van der Waals surface area (Å²) >= 11 is 1.51. The second-order valence-electron chi connectivity index (χ2n) is 7.62. The number of phenols is 1. The first-order valence-electron chi connectivity index (χ1n) is 10.1. The average molecular weight is 420 g/mol. The molecule has 0 bridgehead atoms. The molecule has 1 aliphatic heterocycles. The minimum Gasteiger partial charge on any atom is -0.508 e. The first-order valence-corrected chi connectivity index (χ1v) is 11.0. The van der Waals surface area contributed by atoms with Crippen molar-refractivity contribution in [1.82, 2.24) is 9.38 Å². The zero-order valence-electron chi connectivity index (χ0n) is 16.5. The van der Waals surface area contributed by atoms with Crippen molar-refractivity contribution in [3.05, 3.63) is 82.1 Å². The Morgan fingerprint density at radius 2 is 1.77 bits per heavy atom.